The number of fused-ring (bicyclic) bond motifs is 1. The van der Waals surface area contributed by atoms with Gasteiger partial charge in [0.2, 0.25) is 0 Å². The van der Waals surface area contributed by atoms with Crippen LogP contribution in [0.3, 0.4) is 0 Å². The number of rotatable bonds is 7. The van der Waals surface area contributed by atoms with Gasteiger partial charge in [-0.1, -0.05) is 42.5 Å². The molecule has 0 saturated carbocycles. The first-order valence-corrected chi connectivity index (χ1v) is 10.8. The van der Waals surface area contributed by atoms with Gasteiger partial charge in [0, 0.05) is 11.1 Å². The smallest absolute Gasteiger partial charge is 0.338 e. The van der Waals surface area contributed by atoms with Crippen molar-refractivity contribution in [2.75, 3.05) is 0 Å². The van der Waals surface area contributed by atoms with Crippen molar-refractivity contribution in [3.8, 4) is 5.75 Å². The lowest BCUT2D eigenvalue weighted by molar-refractivity contribution is 0.0469. The molecular formula is C27H26O5. The minimum atomic E-state index is -0.480. The summed E-state index contributed by atoms with van der Waals surface area (Å²) in [7, 11) is 0. The zero-order valence-electron chi connectivity index (χ0n) is 18.0. The number of carbonyl (C=O) groups is 2. The van der Waals surface area contributed by atoms with Crippen LogP contribution in [0.1, 0.15) is 68.8 Å². The zero-order chi connectivity index (χ0) is 22.5. The Morgan fingerprint density at radius 2 is 1.81 bits per heavy atom. The number of esters is 1. The molecule has 0 radical (unpaired) electrons. The highest BCUT2D eigenvalue weighted by atomic mass is 16.5. The van der Waals surface area contributed by atoms with Gasteiger partial charge in [-0.25, -0.2) is 4.79 Å². The Bertz CT molecular complexity index is 1120. The van der Waals surface area contributed by atoms with Crippen LogP contribution in [-0.2, 0) is 24.4 Å². The predicted octanol–water partition coefficient (Wildman–Crippen LogP) is 5.19. The van der Waals surface area contributed by atoms with Gasteiger partial charge in [-0.3, -0.25) is 4.79 Å². The first kappa shape index (κ1) is 21.8. The number of hydrogen-bond acceptors (Lipinski definition) is 5. The molecule has 3 aromatic carbocycles. The summed E-state index contributed by atoms with van der Waals surface area (Å²) in [6.07, 6.45) is 2.19. The first-order valence-electron chi connectivity index (χ1n) is 10.8. The molecule has 5 nitrogen and oxygen atoms in total. The quantitative estimate of drug-likeness (QED) is 0.412. The van der Waals surface area contributed by atoms with Crippen LogP contribution in [-0.4, -0.2) is 16.9 Å². The van der Waals surface area contributed by atoms with Crippen molar-refractivity contribution < 1.29 is 24.2 Å². The summed E-state index contributed by atoms with van der Waals surface area (Å²) in [4.78, 5) is 24.6. The molecule has 0 aromatic heterocycles. The van der Waals surface area contributed by atoms with Gasteiger partial charge in [0.25, 0.3) is 0 Å². The molecule has 5 heteroatoms. The Balaban J connectivity index is 1.52. The van der Waals surface area contributed by atoms with E-state index in [0.29, 0.717) is 22.4 Å². The van der Waals surface area contributed by atoms with E-state index in [4.69, 9.17) is 9.47 Å². The summed E-state index contributed by atoms with van der Waals surface area (Å²) in [5.74, 6) is 0.0531. The van der Waals surface area contributed by atoms with Crippen LogP contribution in [0.15, 0.2) is 66.7 Å². The second kappa shape index (κ2) is 9.79. The van der Waals surface area contributed by atoms with Gasteiger partial charge >= 0.3 is 5.97 Å². The van der Waals surface area contributed by atoms with Crippen LogP contribution in [0.25, 0.3) is 0 Å². The highest BCUT2D eigenvalue weighted by Crippen LogP contribution is 2.32. The van der Waals surface area contributed by atoms with E-state index in [-0.39, 0.29) is 19.0 Å². The van der Waals surface area contributed by atoms with Crippen molar-refractivity contribution in [3.63, 3.8) is 0 Å². The molecule has 0 heterocycles. The Kier molecular flexibility index (Phi) is 6.66. The van der Waals surface area contributed by atoms with E-state index in [9.17, 15) is 14.7 Å². The number of carbonyl (C=O) groups excluding carboxylic acids is 2. The highest BCUT2D eigenvalue weighted by molar-refractivity contribution is 5.97. The molecule has 0 aliphatic heterocycles. The number of ether oxygens (including phenoxy) is 2. The van der Waals surface area contributed by atoms with Crippen LogP contribution >= 0.6 is 0 Å². The molecule has 0 fully saturated rings. The monoisotopic (exact) mass is 430 g/mol. The van der Waals surface area contributed by atoms with E-state index in [1.165, 1.54) is 6.92 Å². The second-order valence-corrected chi connectivity index (χ2v) is 8.05. The van der Waals surface area contributed by atoms with Crippen LogP contribution in [0.2, 0.25) is 0 Å². The molecule has 0 spiro atoms. The van der Waals surface area contributed by atoms with Gasteiger partial charge in [-0.05, 0) is 67.1 Å². The predicted molar refractivity (Wildman–Crippen MR) is 121 cm³/mol. The van der Waals surface area contributed by atoms with Crippen LogP contribution in [0, 0.1) is 0 Å². The van der Waals surface area contributed by atoms with Crippen molar-refractivity contribution in [3.05, 3.63) is 100 Å². The Labute approximate surface area is 187 Å². The molecule has 1 N–H and O–H groups in total. The fourth-order valence-electron chi connectivity index (χ4n) is 3.94. The molecule has 0 bridgehead atoms. The van der Waals surface area contributed by atoms with E-state index in [0.717, 1.165) is 36.0 Å². The maximum absolute atomic E-state index is 12.8. The normalized spacial score (nSPS) is 15.0. The Morgan fingerprint density at radius 1 is 1.00 bits per heavy atom. The number of aliphatic hydroxyl groups excluding tert-OH is 1. The van der Waals surface area contributed by atoms with Gasteiger partial charge in [0.15, 0.2) is 5.78 Å². The number of benzene rings is 3. The number of aliphatic hydroxyl groups is 1. The molecule has 0 saturated heterocycles. The standard InChI is InChI=1S/C27H26O5/c1-18(28)21-11-13-24(27(30)32-16-19-6-3-2-4-7-19)22(14-21)17-31-23-12-10-20-8-5-9-26(29)25(20)15-23/h2-4,6-7,10-15,26,29H,5,8-9,16-17H2,1H3. The van der Waals surface area contributed by atoms with Crippen molar-refractivity contribution in [2.45, 2.75) is 45.5 Å². The van der Waals surface area contributed by atoms with Crippen molar-refractivity contribution >= 4 is 11.8 Å². The lowest BCUT2D eigenvalue weighted by Gasteiger charge is -2.22. The molecule has 4 rings (SSSR count). The first-order chi connectivity index (χ1) is 15.5. The average Bonchev–Trinajstić information content (AvgIpc) is 2.82. The third-order valence-electron chi connectivity index (χ3n) is 5.74. The summed E-state index contributed by atoms with van der Waals surface area (Å²) < 4.78 is 11.4. The molecule has 1 unspecified atom stereocenters. The minimum absolute atomic E-state index is 0.0904. The van der Waals surface area contributed by atoms with Crippen molar-refractivity contribution in [1.29, 1.82) is 0 Å². The maximum Gasteiger partial charge on any atom is 0.338 e. The van der Waals surface area contributed by atoms with Crippen LogP contribution in [0.5, 0.6) is 5.75 Å². The third kappa shape index (κ3) is 5.06. The topological polar surface area (TPSA) is 72.8 Å². The SMILES string of the molecule is CC(=O)c1ccc(C(=O)OCc2ccccc2)c(COc2ccc3c(c2)C(O)CCC3)c1. The number of hydrogen-bond donors (Lipinski definition) is 1. The summed E-state index contributed by atoms with van der Waals surface area (Å²) >= 11 is 0. The van der Waals surface area contributed by atoms with Crippen molar-refractivity contribution in [1.82, 2.24) is 0 Å². The molecule has 1 atom stereocenters. The van der Waals surface area contributed by atoms with E-state index in [1.54, 1.807) is 18.2 Å². The molecule has 1 aliphatic carbocycles. The highest BCUT2D eigenvalue weighted by Gasteiger charge is 2.19. The third-order valence-corrected chi connectivity index (χ3v) is 5.74. The van der Waals surface area contributed by atoms with Gasteiger partial charge in [-0.15, -0.1) is 0 Å². The van der Waals surface area contributed by atoms with E-state index in [2.05, 4.69) is 0 Å². The summed E-state index contributed by atoms with van der Waals surface area (Å²) in [5.41, 5.74) is 4.38. The molecule has 32 heavy (non-hydrogen) atoms. The summed E-state index contributed by atoms with van der Waals surface area (Å²) in [6.45, 7) is 1.75. The number of Topliss-reactive ketones (excluding diaryl/α,β-unsaturated/α-hetero) is 1. The minimum Gasteiger partial charge on any atom is -0.489 e. The molecule has 164 valence electrons. The van der Waals surface area contributed by atoms with Crippen molar-refractivity contribution in [2.24, 2.45) is 0 Å². The molecule has 0 amide bonds. The van der Waals surface area contributed by atoms with E-state index < -0.39 is 12.1 Å². The molecule has 3 aromatic rings. The average molecular weight is 431 g/mol. The fraction of sp³-hybridized carbons (Fsp3) is 0.259. The van der Waals surface area contributed by atoms with Gasteiger partial charge < -0.3 is 14.6 Å². The summed E-state index contributed by atoms with van der Waals surface area (Å²) in [5, 5.41) is 10.3. The lowest BCUT2D eigenvalue weighted by Crippen LogP contribution is -2.12. The molecular weight excluding hydrogens is 404 g/mol. The number of aryl methyl sites for hydroxylation is 1. The van der Waals surface area contributed by atoms with Gasteiger partial charge in [0.05, 0.1) is 11.7 Å². The second-order valence-electron chi connectivity index (χ2n) is 8.05. The van der Waals surface area contributed by atoms with E-state index in [1.807, 2.05) is 48.5 Å². The van der Waals surface area contributed by atoms with Gasteiger partial charge in [-0.2, -0.15) is 0 Å². The maximum atomic E-state index is 12.8. The molecule has 1 aliphatic rings. The largest absolute Gasteiger partial charge is 0.489 e. The zero-order valence-corrected chi connectivity index (χ0v) is 18.0. The Hall–Kier alpha value is -3.44. The van der Waals surface area contributed by atoms with E-state index >= 15 is 0 Å². The lowest BCUT2D eigenvalue weighted by atomic mass is 9.89. The van der Waals surface area contributed by atoms with Gasteiger partial charge in [0.1, 0.15) is 19.0 Å². The fourth-order valence-corrected chi connectivity index (χ4v) is 3.94. The summed E-state index contributed by atoms with van der Waals surface area (Å²) in [6, 6.07) is 20.1. The van der Waals surface area contributed by atoms with Crippen LogP contribution < -0.4 is 4.74 Å². The Morgan fingerprint density at radius 3 is 2.59 bits per heavy atom. The number of ketones is 1. The van der Waals surface area contributed by atoms with Crippen LogP contribution in [0.4, 0.5) is 0 Å².